The van der Waals surface area contributed by atoms with E-state index in [0.717, 1.165) is 48.7 Å². The fourth-order valence-electron chi connectivity index (χ4n) is 4.02. The lowest BCUT2D eigenvalue weighted by Gasteiger charge is -2.22. The average molecular weight is 604 g/mol. The normalized spacial score (nSPS) is 11.1. The summed E-state index contributed by atoms with van der Waals surface area (Å²) in [6, 6.07) is 27.4. The molecule has 4 nitrogen and oxygen atoms in total. The second kappa shape index (κ2) is 14.8. The molecule has 4 aromatic rings. The van der Waals surface area contributed by atoms with Gasteiger partial charge in [-0.2, -0.15) is 0 Å². The molecule has 0 saturated carbocycles. The number of nitrogens with zero attached hydrogens (tertiary/aromatic N) is 1. The van der Waals surface area contributed by atoms with E-state index in [0.29, 0.717) is 39.8 Å². The summed E-state index contributed by atoms with van der Waals surface area (Å²) in [6.45, 7) is 4.02. The van der Waals surface area contributed by atoms with Gasteiger partial charge in [0, 0.05) is 19.6 Å². The second-order valence-electron chi connectivity index (χ2n) is 9.22. The van der Waals surface area contributed by atoms with Gasteiger partial charge in [-0.25, -0.2) is 0 Å². The summed E-state index contributed by atoms with van der Waals surface area (Å²) in [5.41, 5.74) is 10.1. The van der Waals surface area contributed by atoms with Gasteiger partial charge in [-0.1, -0.05) is 82.8 Å². The Morgan fingerprint density at radius 2 is 0.949 bits per heavy atom. The first kappa shape index (κ1) is 29.5. The molecule has 8 heteroatoms. The standard InChI is InChI=1S/C31H30Cl4N2O2/c32-28-12-6-24(16-30(28)34)20-38-26-8-2-22(3-9-26)18-37(15-1-14-36)19-23-4-10-27(11-5-23)39-21-25-7-13-29(33)31(35)17-25/h2-13,16-17H,1,14-15,18-21,36H2. The topological polar surface area (TPSA) is 47.7 Å². The zero-order valence-electron chi connectivity index (χ0n) is 21.4. The van der Waals surface area contributed by atoms with E-state index in [9.17, 15) is 0 Å². The summed E-state index contributed by atoms with van der Waals surface area (Å²) in [5, 5.41) is 2.12. The van der Waals surface area contributed by atoms with Crippen LogP contribution in [0.1, 0.15) is 28.7 Å². The summed E-state index contributed by atoms with van der Waals surface area (Å²) >= 11 is 24.2. The molecule has 0 bridgehead atoms. The Morgan fingerprint density at radius 1 is 0.538 bits per heavy atom. The first-order valence-electron chi connectivity index (χ1n) is 12.6. The molecule has 4 rings (SSSR count). The molecular weight excluding hydrogens is 574 g/mol. The van der Waals surface area contributed by atoms with Crippen LogP contribution in [0.15, 0.2) is 84.9 Å². The predicted octanol–water partition coefficient (Wildman–Crippen LogP) is 8.81. The number of hydrogen-bond donors (Lipinski definition) is 1. The molecule has 0 aliphatic rings. The van der Waals surface area contributed by atoms with Crippen molar-refractivity contribution < 1.29 is 9.47 Å². The van der Waals surface area contributed by atoms with Gasteiger partial charge < -0.3 is 15.2 Å². The maximum absolute atomic E-state index is 6.10. The zero-order chi connectivity index (χ0) is 27.6. The maximum Gasteiger partial charge on any atom is 0.119 e. The van der Waals surface area contributed by atoms with Crippen LogP contribution in [-0.2, 0) is 26.3 Å². The molecule has 0 aliphatic carbocycles. The molecule has 4 aromatic carbocycles. The maximum atomic E-state index is 6.10. The fourth-order valence-corrected chi connectivity index (χ4v) is 4.66. The highest BCUT2D eigenvalue weighted by Crippen LogP contribution is 2.25. The molecular formula is C31H30Cl4N2O2. The minimum Gasteiger partial charge on any atom is -0.489 e. The summed E-state index contributed by atoms with van der Waals surface area (Å²) in [7, 11) is 0. The number of hydrogen-bond acceptors (Lipinski definition) is 4. The largest absolute Gasteiger partial charge is 0.489 e. The van der Waals surface area contributed by atoms with Crippen molar-refractivity contribution in [2.24, 2.45) is 5.73 Å². The fraction of sp³-hybridized carbons (Fsp3) is 0.226. The second-order valence-corrected chi connectivity index (χ2v) is 10.8. The molecule has 2 N–H and O–H groups in total. The van der Waals surface area contributed by atoms with Crippen LogP contribution < -0.4 is 15.2 Å². The Bertz CT molecular complexity index is 1250. The molecule has 0 saturated heterocycles. The van der Waals surface area contributed by atoms with Crippen LogP contribution in [0.4, 0.5) is 0 Å². The van der Waals surface area contributed by atoms with Crippen LogP contribution in [-0.4, -0.2) is 18.0 Å². The van der Waals surface area contributed by atoms with E-state index in [1.165, 1.54) is 11.1 Å². The molecule has 39 heavy (non-hydrogen) atoms. The van der Waals surface area contributed by atoms with Crippen molar-refractivity contribution in [2.75, 3.05) is 13.1 Å². The molecule has 0 aliphatic heterocycles. The Labute approximate surface area is 250 Å². The van der Waals surface area contributed by atoms with Crippen molar-refractivity contribution in [3.05, 3.63) is 127 Å². The number of nitrogens with two attached hydrogens (primary N) is 1. The van der Waals surface area contributed by atoms with Gasteiger partial charge in [0.05, 0.1) is 20.1 Å². The van der Waals surface area contributed by atoms with Gasteiger partial charge in [0.2, 0.25) is 0 Å². The van der Waals surface area contributed by atoms with E-state index >= 15 is 0 Å². The molecule has 0 spiro atoms. The van der Waals surface area contributed by atoms with Crippen LogP contribution >= 0.6 is 46.4 Å². The number of benzene rings is 4. The first-order chi connectivity index (χ1) is 18.9. The third kappa shape index (κ3) is 9.32. The SMILES string of the molecule is NCCCN(Cc1ccc(OCc2ccc(Cl)c(Cl)c2)cc1)Cc1ccc(OCc2ccc(Cl)c(Cl)c2)cc1. The van der Waals surface area contributed by atoms with Crippen LogP contribution in [0.3, 0.4) is 0 Å². The molecule has 0 aromatic heterocycles. The van der Waals surface area contributed by atoms with Crippen LogP contribution in [0.2, 0.25) is 20.1 Å². The molecule has 0 unspecified atom stereocenters. The number of rotatable bonds is 13. The Balaban J connectivity index is 1.30. The van der Waals surface area contributed by atoms with E-state index < -0.39 is 0 Å². The van der Waals surface area contributed by atoms with Crippen LogP contribution in [0.25, 0.3) is 0 Å². The highest BCUT2D eigenvalue weighted by atomic mass is 35.5. The van der Waals surface area contributed by atoms with Crippen molar-refractivity contribution in [3.8, 4) is 11.5 Å². The van der Waals surface area contributed by atoms with Gasteiger partial charge in [0.25, 0.3) is 0 Å². The van der Waals surface area contributed by atoms with Crippen molar-refractivity contribution in [3.63, 3.8) is 0 Å². The van der Waals surface area contributed by atoms with Gasteiger partial charge >= 0.3 is 0 Å². The minimum atomic E-state index is 0.423. The van der Waals surface area contributed by atoms with Gasteiger partial charge in [-0.05, 0) is 83.8 Å². The first-order valence-corrected chi connectivity index (χ1v) is 14.1. The summed E-state index contributed by atoms with van der Waals surface area (Å²) in [6.07, 6.45) is 0.926. The molecule has 0 radical (unpaired) electrons. The molecule has 0 amide bonds. The van der Waals surface area contributed by atoms with Crippen molar-refractivity contribution in [1.29, 1.82) is 0 Å². The smallest absolute Gasteiger partial charge is 0.119 e. The number of ether oxygens (including phenoxy) is 2. The molecule has 0 atom stereocenters. The Kier molecular flexibility index (Phi) is 11.2. The third-order valence-corrected chi connectivity index (χ3v) is 7.59. The van der Waals surface area contributed by atoms with Gasteiger partial charge in [-0.15, -0.1) is 0 Å². The van der Waals surface area contributed by atoms with Gasteiger partial charge in [0.1, 0.15) is 24.7 Å². The lowest BCUT2D eigenvalue weighted by atomic mass is 10.1. The highest BCUT2D eigenvalue weighted by molar-refractivity contribution is 6.42. The lowest BCUT2D eigenvalue weighted by Crippen LogP contribution is -2.25. The molecule has 0 fully saturated rings. The summed E-state index contributed by atoms with van der Waals surface area (Å²) in [5.74, 6) is 1.60. The number of halogens is 4. The quantitative estimate of drug-likeness (QED) is 0.166. The van der Waals surface area contributed by atoms with Gasteiger partial charge in [0.15, 0.2) is 0 Å². The Hall–Kier alpha value is -2.44. The zero-order valence-corrected chi connectivity index (χ0v) is 24.4. The van der Waals surface area contributed by atoms with Crippen molar-refractivity contribution in [2.45, 2.75) is 32.7 Å². The van der Waals surface area contributed by atoms with Crippen LogP contribution in [0, 0.1) is 0 Å². The van der Waals surface area contributed by atoms with E-state index in [1.807, 2.05) is 48.5 Å². The third-order valence-electron chi connectivity index (χ3n) is 6.12. The van der Waals surface area contributed by atoms with E-state index in [-0.39, 0.29) is 0 Å². The summed E-state index contributed by atoms with van der Waals surface area (Å²) < 4.78 is 11.8. The highest BCUT2D eigenvalue weighted by Gasteiger charge is 2.09. The van der Waals surface area contributed by atoms with Crippen LogP contribution in [0.5, 0.6) is 11.5 Å². The average Bonchev–Trinajstić information content (AvgIpc) is 2.94. The van der Waals surface area contributed by atoms with E-state index in [4.69, 9.17) is 61.6 Å². The molecule has 204 valence electrons. The minimum absolute atomic E-state index is 0.423. The molecule has 0 heterocycles. The predicted molar refractivity (Wildman–Crippen MR) is 162 cm³/mol. The van der Waals surface area contributed by atoms with Crippen molar-refractivity contribution in [1.82, 2.24) is 4.90 Å². The van der Waals surface area contributed by atoms with E-state index in [2.05, 4.69) is 29.2 Å². The lowest BCUT2D eigenvalue weighted by molar-refractivity contribution is 0.254. The van der Waals surface area contributed by atoms with Crippen molar-refractivity contribution >= 4 is 46.4 Å². The van der Waals surface area contributed by atoms with E-state index in [1.54, 1.807) is 12.1 Å². The monoisotopic (exact) mass is 602 g/mol. The summed E-state index contributed by atoms with van der Waals surface area (Å²) in [4.78, 5) is 2.39. The Morgan fingerprint density at radius 3 is 1.33 bits per heavy atom. The van der Waals surface area contributed by atoms with Gasteiger partial charge in [-0.3, -0.25) is 4.90 Å².